The van der Waals surface area contributed by atoms with Crippen LogP contribution >= 0.6 is 0 Å². The topological polar surface area (TPSA) is 116 Å². The van der Waals surface area contributed by atoms with E-state index in [1.54, 1.807) is 4.90 Å². The fraction of sp³-hybridized carbons (Fsp3) is 0.550. The fourth-order valence-electron chi connectivity index (χ4n) is 4.46. The Kier molecular flexibility index (Phi) is 5.18. The number of likely N-dealkylation sites (tertiary alicyclic amines) is 1. The molecule has 3 aliphatic rings. The number of aliphatic hydroxyl groups excluding tert-OH is 1. The third-order valence-electron chi connectivity index (χ3n) is 6.07. The average molecular weight is 386 g/mol. The average Bonchev–Trinajstić information content (AvgIpc) is 2.99. The maximum absolute atomic E-state index is 12.9. The van der Waals surface area contributed by atoms with Crippen LogP contribution in [0.5, 0.6) is 0 Å². The Morgan fingerprint density at radius 1 is 1.21 bits per heavy atom. The third-order valence-corrected chi connectivity index (χ3v) is 6.07. The molecule has 0 saturated carbocycles. The van der Waals surface area contributed by atoms with Gasteiger partial charge < -0.3 is 15.7 Å². The van der Waals surface area contributed by atoms with Crippen molar-refractivity contribution in [2.75, 3.05) is 13.2 Å². The molecular formula is C20H26N4O4. The van der Waals surface area contributed by atoms with Crippen LogP contribution in [0.4, 0.5) is 0 Å². The van der Waals surface area contributed by atoms with E-state index in [2.05, 4.69) is 10.2 Å². The summed E-state index contributed by atoms with van der Waals surface area (Å²) in [6.45, 7) is 1.93. The molecule has 3 amide bonds. The number of hydrogen-bond acceptors (Lipinski definition) is 6. The Morgan fingerprint density at radius 2 is 2.04 bits per heavy atom. The quantitative estimate of drug-likeness (QED) is 0.614. The second kappa shape index (κ2) is 7.62. The van der Waals surface area contributed by atoms with Crippen LogP contribution in [0.3, 0.4) is 0 Å². The summed E-state index contributed by atoms with van der Waals surface area (Å²) >= 11 is 0. The Bertz CT molecular complexity index is 811. The van der Waals surface area contributed by atoms with Crippen LogP contribution in [0.2, 0.25) is 0 Å². The summed E-state index contributed by atoms with van der Waals surface area (Å²) in [5.41, 5.74) is 8.54. The number of carbonyl (C=O) groups is 3. The first-order chi connectivity index (χ1) is 13.5. The molecule has 2 saturated heterocycles. The Labute approximate surface area is 163 Å². The molecule has 3 heterocycles. The molecule has 4 rings (SSSR count). The molecule has 0 aliphatic carbocycles. The first-order valence-electron chi connectivity index (χ1n) is 9.83. The summed E-state index contributed by atoms with van der Waals surface area (Å²) in [7, 11) is 0. The number of benzene rings is 1. The molecule has 1 unspecified atom stereocenters. The van der Waals surface area contributed by atoms with Crippen molar-refractivity contribution in [2.45, 2.75) is 56.9 Å². The molecule has 2 fully saturated rings. The van der Waals surface area contributed by atoms with Crippen molar-refractivity contribution in [3.05, 3.63) is 34.9 Å². The first-order valence-corrected chi connectivity index (χ1v) is 9.83. The Balaban J connectivity index is 1.48. The number of hydrogen-bond donors (Lipinski definition) is 3. The van der Waals surface area contributed by atoms with Gasteiger partial charge in [-0.3, -0.25) is 24.6 Å². The minimum atomic E-state index is -0.594. The van der Waals surface area contributed by atoms with Crippen molar-refractivity contribution in [1.29, 1.82) is 0 Å². The summed E-state index contributed by atoms with van der Waals surface area (Å²) < 4.78 is 0. The largest absolute Gasteiger partial charge is 0.395 e. The number of carbonyl (C=O) groups excluding carboxylic acids is 3. The molecular weight excluding hydrogens is 360 g/mol. The SMILES string of the molecule is N[C@@H]1CCN(Cc2ccc3c(c2)C(=O)N(C2CCC(=O)NC2=O)C3)[C@@H](CO)C1. The van der Waals surface area contributed by atoms with Gasteiger partial charge in [0.1, 0.15) is 6.04 Å². The highest BCUT2D eigenvalue weighted by molar-refractivity contribution is 6.05. The van der Waals surface area contributed by atoms with Gasteiger partial charge >= 0.3 is 0 Å². The van der Waals surface area contributed by atoms with Gasteiger partial charge in [-0.2, -0.15) is 0 Å². The molecule has 3 atom stereocenters. The molecule has 150 valence electrons. The van der Waals surface area contributed by atoms with Crippen LogP contribution in [0.25, 0.3) is 0 Å². The van der Waals surface area contributed by atoms with E-state index in [4.69, 9.17) is 5.73 Å². The Morgan fingerprint density at radius 3 is 2.79 bits per heavy atom. The molecule has 1 aromatic rings. The zero-order chi connectivity index (χ0) is 19.8. The summed E-state index contributed by atoms with van der Waals surface area (Å²) in [5, 5.41) is 12.0. The maximum atomic E-state index is 12.9. The van der Waals surface area contributed by atoms with Gasteiger partial charge in [-0.1, -0.05) is 12.1 Å². The smallest absolute Gasteiger partial charge is 0.255 e. The van der Waals surface area contributed by atoms with Gasteiger partial charge in [0.05, 0.1) is 6.61 Å². The summed E-state index contributed by atoms with van der Waals surface area (Å²) in [6, 6.07) is 5.40. The highest BCUT2D eigenvalue weighted by Gasteiger charge is 2.39. The van der Waals surface area contributed by atoms with Crippen molar-refractivity contribution in [3.8, 4) is 0 Å². The molecule has 0 bridgehead atoms. The normalized spacial score (nSPS) is 28.4. The van der Waals surface area contributed by atoms with E-state index in [1.165, 1.54) is 0 Å². The van der Waals surface area contributed by atoms with Crippen LogP contribution in [-0.2, 0) is 22.7 Å². The van der Waals surface area contributed by atoms with E-state index in [-0.39, 0.29) is 36.9 Å². The van der Waals surface area contributed by atoms with E-state index in [0.717, 1.165) is 30.5 Å². The standard InChI is InChI=1S/C20H26N4O4/c21-14-5-6-23(15(8-14)11-25)9-12-1-2-13-10-24(20(28)16(13)7-12)17-3-4-18(26)22-19(17)27/h1-2,7,14-15,17,25H,3-6,8-11,21H2,(H,22,26,27)/t14-,15-,17?/m1/s1. The summed E-state index contributed by atoms with van der Waals surface area (Å²) in [5.74, 6) is -0.841. The maximum Gasteiger partial charge on any atom is 0.255 e. The molecule has 0 spiro atoms. The number of aliphatic hydroxyl groups is 1. The van der Waals surface area contributed by atoms with Gasteiger partial charge in [0.15, 0.2) is 0 Å². The number of nitrogens with one attached hydrogen (secondary N) is 1. The number of amides is 3. The number of imide groups is 1. The molecule has 0 radical (unpaired) electrons. The number of fused-ring (bicyclic) bond motifs is 1. The van der Waals surface area contributed by atoms with Crippen LogP contribution in [0, 0.1) is 0 Å². The zero-order valence-corrected chi connectivity index (χ0v) is 15.8. The lowest BCUT2D eigenvalue weighted by Crippen LogP contribution is -2.52. The van der Waals surface area contributed by atoms with E-state index in [9.17, 15) is 19.5 Å². The van der Waals surface area contributed by atoms with E-state index < -0.39 is 11.9 Å². The second-order valence-electron chi connectivity index (χ2n) is 7.98. The summed E-state index contributed by atoms with van der Waals surface area (Å²) in [4.78, 5) is 40.2. The van der Waals surface area contributed by atoms with Gasteiger partial charge in [-0.15, -0.1) is 0 Å². The van der Waals surface area contributed by atoms with Crippen molar-refractivity contribution in [1.82, 2.24) is 15.1 Å². The molecule has 28 heavy (non-hydrogen) atoms. The van der Waals surface area contributed by atoms with Gasteiger partial charge in [0.25, 0.3) is 5.91 Å². The first kappa shape index (κ1) is 19.0. The third kappa shape index (κ3) is 3.55. The van der Waals surface area contributed by atoms with Crippen molar-refractivity contribution in [2.24, 2.45) is 5.73 Å². The Hall–Kier alpha value is -2.29. The predicted octanol–water partition coefficient (Wildman–Crippen LogP) is -0.268. The van der Waals surface area contributed by atoms with Crippen LogP contribution in [0.15, 0.2) is 18.2 Å². The molecule has 3 aliphatic heterocycles. The lowest BCUT2D eigenvalue weighted by atomic mass is 9.97. The van der Waals surface area contributed by atoms with E-state index >= 15 is 0 Å². The monoisotopic (exact) mass is 386 g/mol. The highest BCUT2D eigenvalue weighted by atomic mass is 16.3. The molecule has 8 nitrogen and oxygen atoms in total. The molecule has 4 N–H and O–H groups in total. The van der Waals surface area contributed by atoms with Gasteiger partial charge in [0, 0.05) is 43.7 Å². The number of rotatable bonds is 4. The molecule has 1 aromatic carbocycles. The predicted molar refractivity (Wildman–Crippen MR) is 101 cm³/mol. The molecule has 0 aromatic heterocycles. The zero-order valence-electron chi connectivity index (χ0n) is 15.8. The number of piperidine rings is 2. The minimum Gasteiger partial charge on any atom is -0.395 e. The van der Waals surface area contributed by atoms with Gasteiger partial charge in [-0.05, 0) is 36.5 Å². The minimum absolute atomic E-state index is 0.0349. The van der Waals surface area contributed by atoms with Gasteiger partial charge in [0.2, 0.25) is 11.8 Å². The van der Waals surface area contributed by atoms with Crippen molar-refractivity contribution < 1.29 is 19.5 Å². The van der Waals surface area contributed by atoms with Gasteiger partial charge in [-0.25, -0.2) is 0 Å². The summed E-state index contributed by atoms with van der Waals surface area (Å²) in [6.07, 6.45) is 2.28. The highest BCUT2D eigenvalue weighted by Crippen LogP contribution is 2.29. The lowest BCUT2D eigenvalue weighted by molar-refractivity contribution is -0.136. The van der Waals surface area contributed by atoms with Crippen molar-refractivity contribution >= 4 is 17.7 Å². The fourth-order valence-corrected chi connectivity index (χ4v) is 4.46. The van der Waals surface area contributed by atoms with Crippen LogP contribution in [0.1, 0.15) is 47.2 Å². The van der Waals surface area contributed by atoms with Crippen LogP contribution < -0.4 is 11.1 Å². The van der Waals surface area contributed by atoms with E-state index in [0.29, 0.717) is 25.1 Å². The second-order valence-corrected chi connectivity index (χ2v) is 7.98. The lowest BCUT2D eigenvalue weighted by Gasteiger charge is -2.37. The molecule has 8 heteroatoms. The van der Waals surface area contributed by atoms with Crippen LogP contribution in [-0.4, -0.2) is 63.9 Å². The van der Waals surface area contributed by atoms with Crippen molar-refractivity contribution in [3.63, 3.8) is 0 Å². The number of nitrogens with two attached hydrogens (primary N) is 1. The van der Waals surface area contributed by atoms with E-state index in [1.807, 2.05) is 18.2 Å². The number of nitrogens with zero attached hydrogens (tertiary/aromatic N) is 2.